The Hall–Kier alpha value is -0.700. The van der Waals surface area contributed by atoms with Gasteiger partial charge < -0.3 is 17.6 Å². The smallest absolute Gasteiger partial charge is 0.0206 e. The van der Waals surface area contributed by atoms with E-state index in [4.69, 9.17) is 11.5 Å². The molecule has 0 aliphatic heterocycles. The second-order valence-corrected chi connectivity index (χ2v) is 0.911. The van der Waals surface area contributed by atoms with Crippen LogP contribution in [-0.2, 0) is 0 Å². The minimum atomic E-state index is 0. The molecular weight excluding hydrogens is 126 g/mol. The van der Waals surface area contributed by atoms with Crippen molar-refractivity contribution in [3.63, 3.8) is 0 Å². The lowest BCUT2D eigenvalue weighted by molar-refractivity contribution is 1.28. The Morgan fingerprint density at radius 2 is 1.30 bits per heavy atom. The maximum absolute atomic E-state index is 5.03. The van der Waals surface area contributed by atoms with Crippen molar-refractivity contribution in [1.29, 1.82) is 0 Å². The number of hydrogen-bond acceptors (Lipinski definition) is 3. The van der Waals surface area contributed by atoms with Crippen molar-refractivity contribution in [2.45, 2.75) is 34.6 Å². The van der Waals surface area contributed by atoms with Gasteiger partial charge in [-0.1, -0.05) is 27.7 Å². The van der Waals surface area contributed by atoms with Gasteiger partial charge in [0, 0.05) is 13.3 Å². The molecule has 7 N–H and O–H groups in total. The molecule has 0 fully saturated rings. The summed E-state index contributed by atoms with van der Waals surface area (Å²) in [7, 11) is 0. The SMILES string of the molecule is C/C(N)=C/N.CC.CC.N.[HH]. The van der Waals surface area contributed by atoms with Crippen LogP contribution in [-0.4, -0.2) is 0 Å². The standard InChI is InChI=1S/C3H8N2.2C2H6.H3N.H2/c1-3(5)2-4;2*1-2;;/h2H,4-5H2,1H3;2*1-2H3;1H3;1H/b3-2-;;;;. The van der Waals surface area contributed by atoms with E-state index in [-0.39, 0.29) is 7.58 Å². The molecule has 3 heteroatoms. The number of nitrogens with two attached hydrogens (primary N) is 2. The molecule has 0 rings (SSSR count). The summed E-state index contributed by atoms with van der Waals surface area (Å²) in [5.41, 5.74) is 10.6. The van der Waals surface area contributed by atoms with Gasteiger partial charge in [-0.05, 0) is 6.92 Å². The van der Waals surface area contributed by atoms with Gasteiger partial charge >= 0.3 is 0 Å². The average Bonchev–Trinajstić information content (AvgIpc) is 1.97. The lowest BCUT2D eigenvalue weighted by Gasteiger charge is -1.76. The first kappa shape index (κ1) is 22.8. The molecule has 10 heavy (non-hydrogen) atoms. The van der Waals surface area contributed by atoms with E-state index in [0.717, 1.165) is 0 Å². The fraction of sp³-hybridized carbons (Fsp3) is 0.714. The van der Waals surface area contributed by atoms with Gasteiger partial charge in [0.1, 0.15) is 0 Å². The van der Waals surface area contributed by atoms with Crippen LogP contribution in [0.15, 0.2) is 11.9 Å². The highest BCUT2D eigenvalue weighted by Crippen LogP contribution is 1.65. The van der Waals surface area contributed by atoms with Crippen molar-refractivity contribution >= 4 is 0 Å². The summed E-state index contributed by atoms with van der Waals surface area (Å²) in [5.74, 6) is 0. The molecule has 0 unspecified atom stereocenters. The van der Waals surface area contributed by atoms with Crippen molar-refractivity contribution in [1.82, 2.24) is 6.15 Å². The predicted molar refractivity (Wildman–Crippen MR) is 52.0 cm³/mol. The molecule has 0 atom stereocenters. The van der Waals surface area contributed by atoms with Crippen molar-refractivity contribution in [3.8, 4) is 0 Å². The first-order valence-corrected chi connectivity index (χ1v) is 3.41. The highest BCUT2D eigenvalue weighted by molar-refractivity contribution is 4.85. The van der Waals surface area contributed by atoms with E-state index in [1.165, 1.54) is 6.20 Å². The minimum Gasteiger partial charge on any atom is -0.403 e. The monoisotopic (exact) mass is 151 g/mol. The molecule has 0 heterocycles. The van der Waals surface area contributed by atoms with Gasteiger partial charge in [-0.25, -0.2) is 0 Å². The molecule has 0 aromatic heterocycles. The Bertz CT molecular complexity index is 51.6. The van der Waals surface area contributed by atoms with Crippen molar-refractivity contribution in [3.05, 3.63) is 11.9 Å². The van der Waals surface area contributed by atoms with Gasteiger partial charge in [-0.15, -0.1) is 0 Å². The van der Waals surface area contributed by atoms with Crippen LogP contribution in [0.4, 0.5) is 0 Å². The fourth-order valence-corrected chi connectivity index (χ4v) is 0. The third kappa shape index (κ3) is 171. The summed E-state index contributed by atoms with van der Waals surface area (Å²) >= 11 is 0. The number of allylic oxidation sites excluding steroid dienone is 1. The van der Waals surface area contributed by atoms with E-state index in [9.17, 15) is 0 Å². The largest absolute Gasteiger partial charge is 0.403 e. The molecule has 0 amide bonds. The van der Waals surface area contributed by atoms with Crippen LogP contribution in [0.1, 0.15) is 36.0 Å². The Morgan fingerprint density at radius 3 is 1.30 bits per heavy atom. The molecule has 0 radical (unpaired) electrons. The van der Waals surface area contributed by atoms with Crippen LogP contribution in [0.25, 0.3) is 0 Å². The Balaban J connectivity index is -0.0000000178. The van der Waals surface area contributed by atoms with Crippen molar-refractivity contribution < 1.29 is 1.43 Å². The van der Waals surface area contributed by atoms with Crippen LogP contribution in [0.3, 0.4) is 0 Å². The Morgan fingerprint density at radius 1 is 1.20 bits per heavy atom. The van der Waals surface area contributed by atoms with Gasteiger partial charge in [0.05, 0.1) is 0 Å². The molecule has 0 aliphatic carbocycles. The molecular formula is C7H25N3. The maximum Gasteiger partial charge on any atom is 0.0206 e. The van der Waals surface area contributed by atoms with E-state index in [1.807, 2.05) is 27.7 Å². The second kappa shape index (κ2) is 40.6. The Labute approximate surface area is 66.6 Å². The second-order valence-electron chi connectivity index (χ2n) is 0.911. The van der Waals surface area contributed by atoms with Gasteiger partial charge in [-0.2, -0.15) is 0 Å². The van der Waals surface area contributed by atoms with E-state index in [1.54, 1.807) is 6.92 Å². The topological polar surface area (TPSA) is 87.0 Å². The molecule has 0 bridgehead atoms. The predicted octanol–water partition coefficient (Wildman–Crippen LogP) is 2.23. The number of rotatable bonds is 0. The summed E-state index contributed by atoms with van der Waals surface area (Å²) in [6.45, 7) is 9.74. The highest BCUT2D eigenvalue weighted by Gasteiger charge is 1.60. The van der Waals surface area contributed by atoms with Crippen LogP contribution >= 0.6 is 0 Å². The van der Waals surface area contributed by atoms with Crippen LogP contribution in [0, 0.1) is 0 Å². The minimum absolute atomic E-state index is 0. The molecule has 68 valence electrons. The summed E-state index contributed by atoms with van der Waals surface area (Å²) in [6, 6.07) is 0. The lowest BCUT2D eigenvalue weighted by atomic mass is 10.6. The van der Waals surface area contributed by atoms with Gasteiger partial charge in [0.15, 0.2) is 0 Å². The van der Waals surface area contributed by atoms with Crippen molar-refractivity contribution in [2.24, 2.45) is 11.5 Å². The molecule has 3 nitrogen and oxygen atoms in total. The summed E-state index contributed by atoms with van der Waals surface area (Å²) in [6.07, 6.45) is 1.36. The first-order valence-electron chi connectivity index (χ1n) is 3.41. The van der Waals surface area contributed by atoms with Crippen LogP contribution < -0.4 is 17.6 Å². The third-order valence-corrected chi connectivity index (χ3v) is 0.263. The van der Waals surface area contributed by atoms with Crippen molar-refractivity contribution in [2.75, 3.05) is 0 Å². The lowest BCUT2D eigenvalue weighted by Crippen LogP contribution is -1.93. The van der Waals surface area contributed by atoms with E-state index >= 15 is 0 Å². The average molecular weight is 151 g/mol. The van der Waals surface area contributed by atoms with Gasteiger partial charge in [0.25, 0.3) is 0 Å². The third-order valence-electron chi connectivity index (χ3n) is 0.263. The fourth-order valence-electron chi connectivity index (χ4n) is 0. The highest BCUT2D eigenvalue weighted by atomic mass is 14.6. The molecule has 0 aromatic rings. The normalized spacial score (nSPS) is 7.10. The van der Waals surface area contributed by atoms with E-state index < -0.39 is 0 Å². The summed E-state index contributed by atoms with van der Waals surface area (Å²) in [5, 5.41) is 0. The summed E-state index contributed by atoms with van der Waals surface area (Å²) in [4.78, 5) is 0. The zero-order chi connectivity index (χ0) is 8.28. The van der Waals surface area contributed by atoms with Crippen LogP contribution in [0.2, 0.25) is 0 Å². The van der Waals surface area contributed by atoms with Crippen LogP contribution in [0.5, 0.6) is 0 Å². The quantitative estimate of drug-likeness (QED) is 0.496. The summed E-state index contributed by atoms with van der Waals surface area (Å²) < 4.78 is 0. The van der Waals surface area contributed by atoms with Gasteiger partial charge in [0.2, 0.25) is 0 Å². The molecule has 0 aliphatic rings. The van der Waals surface area contributed by atoms with Gasteiger partial charge in [-0.3, -0.25) is 0 Å². The first-order chi connectivity index (χ1) is 4.27. The molecule has 0 saturated carbocycles. The molecule has 0 saturated heterocycles. The molecule has 0 aromatic carbocycles. The van der Waals surface area contributed by atoms with E-state index in [0.29, 0.717) is 5.70 Å². The molecule has 0 spiro atoms. The zero-order valence-electron chi connectivity index (χ0n) is 7.94. The number of hydrogen-bond donors (Lipinski definition) is 3. The maximum atomic E-state index is 5.03. The van der Waals surface area contributed by atoms with E-state index in [2.05, 4.69) is 0 Å². The zero-order valence-corrected chi connectivity index (χ0v) is 7.94. The Kier molecular flexibility index (Phi) is 92.6.